The molecular weight excluding hydrogens is 212 g/mol. The van der Waals surface area contributed by atoms with Crippen LogP contribution in [0.1, 0.15) is 5.69 Å². The zero-order valence-corrected chi connectivity index (χ0v) is 9.09. The van der Waals surface area contributed by atoms with Gasteiger partial charge in [-0.15, -0.1) is 5.10 Å². The Hall–Kier alpha value is -2.42. The van der Waals surface area contributed by atoms with Crippen molar-refractivity contribution < 1.29 is 5.11 Å². The molecule has 0 atom stereocenters. The Kier molecular flexibility index (Phi) is 2.05. The normalized spacial score (nSPS) is 10.8. The van der Waals surface area contributed by atoms with Crippen LogP contribution in [0, 0.1) is 0 Å². The summed E-state index contributed by atoms with van der Waals surface area (Å²) in [4.78, 5) is 0. The van der Waals surface area contributed by atoms with Gasteiger partial charge in [-0.25, -0.2) is 0 Å². The largest absolute Gasteiger partial charge is 0.506 e. The molecule has 3 heteroatoms. The van der Waals surface area contributed by atoms with Crippen molar-refractivity contribution in [1.82, 2.24) is 10.2 Å². The van der Waals surface area contributed by atoms with Gasteiger partial charge in [0.1, 0.15) is 11.5 Å². The van der Waals surface area contributed by atoms with E-state index in [1.807, 2.05) is 36.4 Å². The first kappa shape index (κ1) is 9.78. The van der Waals surface area contributed by atoms with E-state index in [0.717, 1.165) is 21.5 Å². The van der Waals surface area contributed by atoms with Crippen molar-refractivity contribution in [2.24, 2.45) is 0 Å². The highest BCUT2D eigenvalue weighted by Crippen LogP contribution is 2.25. The molecular formula is C14H10N2O. The lowest BCUT2D eigenvalue weighted by Gasteiger charge is -2.05. The van der Waals surface area contributed by atoms with Crippen molar-refractivity contribution in [3.63, 3.8) is 0 Å². The Morgan fingerprint density at radius 3 is 2.47 bits per heavy atom. The summed E-state index contributed by atoms with van der Waals surface area (Å²) < 4.78 is 0. The fourth-order valence-electron chi connectivity index (χ4n) is 1.99. The lowest BCUT2D eigenvalue weighted by Crippen LogP contribution is -1.92. The van der Waals surface area contributed by atoms with E-state index < -0.39 is 0 Å². The molecule has 0 fully saturated rings. The predicted molar refractivity (Wildman–Crippen MR) is 68.7 cm³/mol. The third-order valence-electron chi connectivity index (χ3n) is 2.80. The Bertz CT molecular complexity index is 734. The Morgan fingerprint density at radius 1 is 1.06 bits per heavy atom. The van der Waals surface area contributed by atoms with Gasteiger partial charge in [0.05, 0.1) is 6.20 Å². The second-order valence-corrected chi connectivity index (χ2v) is 3.93. The Morgan fingerprint density at radius 2 is 1.76 bits per heavy atom. The summed E-state index contributed by atoms with van der Waals surface area (Å²) in [7, 11) is 0. The summed E-state index contributed by atoms with van der Waals surface area (Å²) in [5, 5.41) is 21.3. The van der Waals surface area contributed by atoms with Crippen LogP contribution < -0.4 is 0 Å². The van der Waals surface area contributed by atoms with E-state index in [2.05, 4.69) is 16.8 Å². The molecule has 0 saturated heterocycles. The molecule has 0 saturated carbocycles. The molecule has 3 rings (SSSR count). The number of aliphatic hydroxyl groups is 1. The van der Waals surface area contributed by atoms with Crippen LogP contribution in [0.2, 0.25) is 0 Å². The number of benzene rings is 2. The molecule has 2 aromatic carbocycles. The first-order valence-corrected chi connectivity index (χ1v) is 5.28. The third kappa shape index (κ3) is 1.52. The lowest BCUT2D eigenvalue weighted by atomic mass is 10.0. The van der Waals surface area contributed by atoms with Crippen LogP contribution in [-0.2, 0) is 0 Å². The number of aliphatic hydroxyl groups excluding tert-OH is 1. The average Bonchev–Trinajstić information content (AvgIpc) is 2.35. The van der Waals surface area contributed by atoms with Crippen molar-refractivity contribution in [3.05, 3.63) is 54.9 Å². The summed E-state index contributed by atoms with van der Waals surface area (Å²) in [6, 6.07) is 12.1. The first-order chi connectivity index (χ1) is 8.25. The molecule has 3 nitrogen and oxygen atoms in total. The first-order valence-electron chi connectivity index (χ1n) is 5.28. The quantitative estimate of drug-likeness (QED) is 0.507. The fraction of sp³-hybridized carbons (Fsp3) is 0. The number of nitrogens with zero attached hydrogens (tertiary/aromatic N) is 2. The molecule has 3 aromatic rings. The smallest absolute Gasteiger partial charge is 0.136 e. The van der Waals surface area contributed by atoms with Crippen LogP contribution in [0.3, 0.4) is 0 Å². The van der Waals surface area contributed by atoms with Crippen LogP contribution in [0.4, 0.5) is 0 Å². The van der Waals surface area contributed by atoms with Gasteiger partial charge in [-0.2, -0.15) is 5.10 Å². The molecule has 1 N–H and O–H groups in total. The van der Waals surface area contributed by atoms with Crippen LogP contribution in [0.25, 0.3) is 27.3 Å². The number of hydrogen-bond donors (Lipinski definition) is 1. The van der Waals surface area contributed by atoms with Gasteiger partial charge in [0.15, 0.2) is 0 Å². The molecule has 1 heterocycles. The molecule has 0 bridgehead atoms. The van der Waals surface area contributed by atoms with E-state index in [1.165, 1.54) is 0 Å². The van der Waals surface area contributed by atoms with Crippen molar-refractivity contribution >= 4 is 27.3 Å². The monoisotopic (exact) mass is 222 g/mol. The standard InChI is InChI=1S/C14H10N2O/c1-9(17)14-13-7-11-5-3-2-4-10(11)6-12(13)8-15-16-14/h2-8,17H,1H2. The predicted octanol–water partition coefficient (Wildman–Crippen LogP) is 3.31. The minimum absolute atomic E-state index is 0.0571. The van der Waals surface area contributed by atoms with E-state index in [4.69, 9.17) is 0 Å². The minimum Gasteiger partial charge on any atom is -0.506 e. The van der Waals surface area contributed by atoms with E-state index in [-0.39, 0.29) is 5.76 Å². The summed E-state index contributed by atoms with van der Waals surface area (Å²) in [5.74, 6) is -0.0571. The highest BCUT2D eigenvalue weighted by Gasteiger charge is 2.07. The average molecular weight is 222 g/mol. The SMILES string of the molecule is C=C(O)c1nncc2cc3ccccc3cc12. The van der Waals surface area contributed by atoms with Crippen molar-refractivity contribution in [3.8, 4) is 0 Å². The maximum absolute atomic E-state index is 9.50. The molecule has 1 aromatic heterocycles. The molecule has 0 amide bonds. The molecule has 0 unspecified atom stereocenters. The van der Waals surface area contributed by atoms with Gasteiger partial charge in [-0.05, 0) is 22.9 Å². The molecule has 17 heavy (non-hydrogen) atoms. The highest BCUT2D eigenvalue weighted by molar-refractivity contribution is 6.00. The second-order valence-electron chi connectivity index (χ2n) is 3.93. The zero-order chi connectivity index (χ0) is 11.8. The van der Waals surface area contributed by atoms with Gasteiger partial charge in [0.25, 0.3) is 0 Å². The number of rotatable bonds is 1. The van der Waals surface area contributed by atoms with Gasteiger partial charge in [-0.1, -0.05) is 30.8 Å². The number of fused-ring (bicyclic) bond motifs is 2. The van der Waals surface area contributed by atoms with E-state index in [1.54, 1.807) is 6.20 Å². The molecule has 0 radical (unpaired) electrons. The van der Waals surface area contributed by atoms with Gasteiger partial charge in [-0.3, -0.25) is 0 Å². The van der Waals surface area contributed by atoms with Crippen LogP contribution in [0.15, 0.2) is 49.2 Å². The second kappa shape index (κ2) is 3.56. The zero-order valence-electron chi connectivity index (χ0n) is 9.09. The molecule has 82 valence electrons. The van der Waals surface area contributed by atoms with Crippen molar-refractivity contribution in [2.75, 3.05) is 0 Å². The molecule has 0 aliphatic rings. The summed E-state index contributed by atoms with van der Waals surface area (Å²) in [6.45, 7) is 3.51. The van der Waals surface area contributed by atoms with E-state index in [0.29, 0.717) is 5.69 Å². The minimum atomic E-state index is -0.0571. The molecule has 0 aliphatic carbocycles. The van der Waals surface area contributed by atoms with Crippen LogP contribution in [0.5, 0.6) is 0 Å². The van der Waals surface area contributed by atoms with Crippen LogP contribution >= 0.6 is 0 Å². The van der Waals surface area contributed by atoms with Gasteiger partial charge in [0.2, 0.25) is 0 Å². The molecule has 0 aliphatic heterocycles. The summed E-state index contributed by atoms with van der Waals surface area (Å²) in [5.41, 5.74) is 0.438. The number of aromatic nitrogens is 2. The fourth-order valence-corrected chi connectivity index (χ4v) is 1.99. The van der Waals surface area contributed by atoms with Gasteiger partial charge < -0.3 is 5.11 Å². The maximum atomic E-state index is 9.50. The highest BCUT2D eigenvalue weighted by atomic mass is 16.3. The topological polar surface area (TPSA) is 46.0 Å². The van der Waals surface area contributed by atoms with Crippen molar-refractivity contribution in [2.45, 2.75) is 0 Å². The summed E-state index contributed by atoms with van der Waals surface area (Å²) in [6.07, 6.45) is 1.69. The van der Waals surface area contributed by atoms with Gasteiger partial charge in [0, 0.05) is 10.8 Å². The van der Waals surface area contributed by atoms with Crippen LogP contribution in [-0.4, -0.2) is 15.3 Å². The van der Waals surface area contributed by atoms with Gasteiger partial charge >= 0.3 is 0 Å². The lowest BCUT2D eigenvalue weighted by molar-refractivity contribution is 0.510. The van der Waals surface area contributed by atoms with E-state index in [9.17, 15) is 5.11 Å². The van der Waals surface area contributed by atoms with E-state index >= 15 is 0 Å². The van der Waals surface area contributed by atoms with Crippen molar-refractivity contribution in [1.29, 1.82) is 0 Å². The number of hydrogen-bond acceptors (Lipinski definition) is 3. The third-order valence-corrected chi connectivity index (χ3v) is 2.80. The Labute approximate surface area is 98.0 Å². The summed E-state index contributed by atoms with van der Waals surface area (Å²) >= 11 is 0. The maximum Gasteiger partial charge on any atom is 0.136 e. The Balaban J connectivity index is 2.47. The molecule has 0 spiro atoms.